The highest BCUT2D eigenvalue weighted by atomic mass is 35.5. The minimum absolute atomic E-state index is 0.284. The molecule has 0 saturated carbocycles. The van der Waals surface area contributed by atoms with Gasteiger partial charge in [0.1, 0.15) is 10.8 Å². The zero-order chi connectivity index (χ0) is 14.3. The van der Waals surface area contributed by atoms with Crippen LogP contribution >= 0.6 is 35.0 Å². The summed E-state index contributed by atoms with van der Waals surface area (Å²) in [4.78, 5) is 17.5. The van der Waals surface area contributed by atoms with Crippen molar-refractivity contribution >= 4 is 52.1 Å². The molecule has 0 aliphatic heterocycles. The Morgan fingerprint density at radius 3 is 2.85 bits per heavy atom. The lowest BCUT2D eigenvalue weighted by atomic mass is 10.5. The maximum atomic E-state index is 6.09. The van der Waals surface area contributed by atoms with Crippen LogP contribution in [0.3, 0.4) is 0 Å². The van der Waals surface area contributed by atoms with E-state index in [1.165, 1.54) is 11.8 Å². The first-order chi connectivity index (χ1) is 9.56. The Kier molecular flexibility index (Phi) is 3.41. The van der Waals surface area contributed by atoms with Crippen LogP contribution in [0.25, 0.3) is 11.3 Å². The number of aryl methyl sites for hydroxylation is 1. The van der Waals surface area contributed by atoms with Crippen LogP contribution in [0.5, 0.6) is 0 Å². The molecule has 2 N–H and O–H groups in total. The van der Waals surface area contributed by atoms with E-state index in [2.05, 4.69) is 19.9 Å². The van der Waals surface area contributed by atoms with Gasteiger partial charge in [-0.1, -0.05) is 23.4 Å². The van der Waals surface area contributed by atoms with Crippen molar-refractivity contribution in [3.05, 3.63) is 28.8 Å². The van der Waals surface area contributed by atoms with Gasteiger partial charge in [0, 0.05) is 18.1 Å². The summed E-state index contributed by atoms with van der Waals surface area (Å²) in [5, 5.41) is 1.39. The molecule has 0 aromatic carbocycles. The Bertz CT molecular complexity index is 803. The standard InChI is InChI=1S/C11H8Cl2N6S/c1-19-10-9(18-11(19)13)17-6(4-16-10)20-5-2-3-15-8(14)7(5)12/h2-4H,1H3,(H2,14,15). The first-order valence-electron chi connectivity index (χ1n) is 5.49. The fourth-order valence-electron chi connectivity index (χ4n) is 1.60. The summed E-state index contributed by atoms with van der Waals surface area (Å²) in [6.07, 6.45) is 3.23. The van der Waals surface area contributed by atoms with Gasteiger partial charge in [-0.2, -0.15) is 4.98 Å². The average Bonchev–Trinajstić information content (AvgIpc) is 2.70. The lowest BCUT2D eigenvalue weighted by molar-refractivity contribution is 0.928. The summed E-state index contributed by atoms with van der Waals surface area (Å²) in [5.41, 5.74) is 6.77. The molecule has 0 bridgehead atoms. The van der Waals surface area contributed by atoms with Crippen molar-refractivity contribution in [1.29, 1.82) is 0 Å². The van der Waals surface area contributed by atoms with Crippen molar-refractivity contribution in [3.63, 3.8) is 0 Å². The summed E-state index contributed by atoms with van der Waals surface area (Å²) in [6.45, 7) is 0. The predicted octanol–water partition coefficient (Wildman–Crippen LogP) is 2.80. The fraction of sp³-hybridized carbons (Fsp3) is 0.0909. The van der Waals surface area contributed by atoms with E-state index >= 15 is 0 Å². The number of imidazole rings is 1. The van der Waals surface area contributed by atoms with Crippen LogP contribution in [0.4, 0.5) is 5.82 Å². The molecule has 0 unspecified atom stereocenters. The largest absolute Gasteiger partial charge is 0.382 e. The predicted molar refractivity (Wildman–Crippen MR) is 79.1 cm³/mol. The van der Waals surface area contributed by atoms with E-state index in [9.17, 15) is 0 Å². The van der Waals surface area contributed by atoms with E-state index in [1.54, 1.807) is 30.1 Å². The Labute approximate surface area is 128 Å². The van der Waals surface area contributed by atoms with Gasteiger partial charge in [0.15, 0.2) is 11.3 Å². The molecule has 6 nitrogen and oxygen atoms in total. The lowest BCUT2D eigenvalue weighted by Crippen LogP contribution is -1.93. The summed E-state index contributed by atoms with van der Waals surface area (Å²) < 4.78 is 1.66. The van der Waals surface area contributed by atoms with E-state index in [0.29, 0.717) is 26.6 Å². The maximum absolute atomic E-state index is 6.09. The van der Waals surface area contributed by atoms with Gasteiger partial charge in [-0.15, -0.1) is 0 Å². The molecule has 0 aliphatic rings. The normalized spacial score (nSPS) is 11.2. The molecule has 0 spiro atoms. The Morgan fingerprint density at radius 2 is 2.05 bits per heavy atom. The van der Waals surface area contributed by atoms with Gasteiger partial charge in [-0.3, -0.25) is 0 Å². The minimum atomic E-state index is 0.284. The summed E-state index contributed by atoms with van der Waals surface area (Å²) in [5.74, 6) is 0.284. The summed E-state index contributed by atoms with van der Waals surface area (Å²) in [7, 11) is 1.78. The third kappa shape index (κ3) is 2.28. The third-order valence-corrected chi connectivity index (χ3v) is 4.41. The molecule has 3 aromatic rings. The van der Waals surface area contributed by atoms with Crippen molar-refractivity contribution in [2.75, 3.05) is 5.73 Å². The van der Waals surface area contributed by atoms with Gasteiger partial charge in [-0.25, -0.2) is 15.0 Å². The van der Waals surface area contributed by atoms with E-state index in [1.807, 2.05) is 0 Å². The van der Waals surface area contributed by atoms with Crippen LogP contribution < -0.4 is 5.73 Å². The van der Waals surface area contributed by atoms with E-state index in [0.717, 1.165) is 4.90 Å². The smallest absolute Gasteiger partial charge is 0.206 e. The van der Waals surface area contributed by atoms with Gasteiger partial charge in [0.2, 0.25) is 5.28 Å². The van der Waals surface area contributed by atoms with Gasteiger partial charge in [0.05, 0.1) is 11.2 Å². The maximum Gasteiger partial charge on any atom is 0.206 e. The number of nitrogen functional groups attached to an aromatic ring is 1. The highest BCUT2D eigenvalue weighted by Gasteiger charge is 2.12. The number of halogens is 2. The second kappa shape index (κ2) is 5.08. The quantitative estimate of drug-likeness (QED) is 0.779. The number of anilines is 1. The van der Waals surface area contributed by atoms with Crippen LogP contribution in [0.15, 0.2) is 28.4 Å². The lowest BCUT2D eigenvalue weighted by Gasteiger charge is -2.04. The van der Waals surface area contributed by atoms with Gasteiger partial charge in [0.25, 0.3) is 0 Å². The van der Waals surface area contributed by atoms with Crippen molar-refractivity contribution in [2.45, 2.75) is 9.92 Å². The SMILES string of the molecule is Cn1c(Cl)nc2nc(Sc3ccnc(N)c3Cl)cnc21. The molecule has 0 aliphatic carbocycles. The molecule has 0 radical (unpaired) electrons. The van der Waals surface area contributed by atoms with Crippen molar-refractivity contribution in [1.82, 2.24) is 24.5 Å². The second-order valence-electron chi connectivity index (χ2n) is 3.91. The minimum Gasteiger partial charge on any atom is -0.382 e. The second-order valence-corrected chi connectivity index (χ2v) is 5.68. The molecule has 102 valence electrons. The van der Waals surface area contributed by atoms with Crippen LogP contribution in [-0.2, 0) is 7.05 Å². The number of hydrogen-bond acceptors (Lipinski definition) is 6. The fourth-order valence-corrected chi connectivity index (χ4v) is 2.77. The van der Waals surface area contributed by atoms with E-state index in [-0.39, 0.29) is 5.82 Å². The van der Waals surface area contributed by atoms with Gasteiger partial charge >= 0.3 is 0 Å². The average molecular weight is 327 g/mol. The number of nitrogens with zero attached hydrogens (tertiary/aromatic N) is 5. The Balaban J connectivity index is 2.01. The van der Waals surface area contributed by atoms with Crippen molar-refractivity contribution < 1.29 is 0 Å². The molecule has 0 saturated heterocycles. The highest BCUT2D eigenvalue weighted by Crippen LogP contribution is 2.34. The first-order valence-corrected chi connectivity index (χ1v) is 7.06. The van der Waals surface area contributed by atoms with Crippen molar-refractivity contribution in [3.8, 4) is 0 Å². The highest BCUT2D eigenvalue weighted by molar-refractivity contribution is 7.99. The van der Waals surface area contributed by atoms with Crippen LogP contribution in [0, 0.1) is 0 Å². The molecule has 3 aromatic heterocycles. The molecular formula is C11H8Cl2N6S. The van der Waals surface area contributed by atoms with Crippen LogP contribution in [0.1, 0.15) is 0 Å². The number of fused-ring (bicyclic) bond motifs is 1. The molecule has 0 atom stereocenters. The molecule has 9 heteroatoms. The topological polar surface area (TPSA) is 82.5 Å². The molecular weight excluding hydrogens is 319 g/mol. The monoisotopic (exact) mass is 326 g/mol. The van der Waals surface area contributed by atoms with Gasteiger partial charge < -0.3 is 10.3 Å². The van der Waals surface area contributed by atoms with Crippen LogP contribution in [-0.4, -0.2) is 24.5 Å². The third-order valence-electron chi connectivity index (χ3n) is 2.60. The molecule has 3 rings (SSSR count). The summed E-state index contributed by atoms with van der Waals surface area (Å²) >= 11 is 13.4. The Hall–Kier alpha value is -1.57. The first kappa shape index (κ1) is 13.4. The zero-order valence-corrected chi connectivity index (χ0v) is 12.5. The summed E-state index contributed by atoms with van der Waals surface area (Å²) in [6, 6.07) is 1.76. The molecule has 3 heterocycles. The van der Waals surface area contributed by atoms with Crippen LogP contribution in [0.2, 0.25) is 10.3 Å². The number of pyridine rings is 1. The number of aromatic nitrogens is 5. The van der Waals surface area contributed by atoms with E-state index < -0.39 is 0 Å². The van der Waals surface area contributed by atoms with Crippen molar-refractivity contribution in [2.24, 2.45) is 7.05 Å². The molecule has 0 fully saturated rings. The Morgan fingerprint density at radius 1 is 1.25 bits per heavy atom. The van der Waals surface area contributed by atoms with E-state index in [4.69, 9.17) is 28.9 Å². The number of hydrogen-bond donors (Lipinski definition) is 1. The molecule has 20 heavy (non-hydrogen) atoms. The van der Waals surface area contributed by atoms with Gasteiger partial charge in [-0.05, 0) is 17.7 Å². The number of rotatable bonds is 2. The number of nitrogens with two attached hydrogens (primary N) is 1. The molecule has 0 amide bonds. The zero-order valence-electron chi connectivity index (χ0n) is 10.2.